The quantitative estimate of drug-likeness (QED) is 0.154. The number of fused-ring (bicyclic) bond motifs is 10. The molecule has 4 aliphatic heterocycles. The van der Waals surface area contributed by atoms with Crippen molar-refractivity contribution in [2.45, 2.75) is 55.4 Å². The molecule has 320 valence electrons. The number of anilines is 9. The topological polar surface area (TPSA) is 9.72 Å². The largest absolute Gasteiger partial charge is 0.312 e. The summed E-state index contributed by atoms with van der Waals surface area (Å²) in [5.74, 6) is 0. The van der Waals surface area contributed by atoms with Crippen LogP contribution in [-0.2, 0) is 0 Å². The van der Waals surface area contributed by atoms with Gasteiger partial charge in [-0.05, 0) is 177 Å². The number of hydrogen-bond donors (Lipinski definition) is 0. The fraction of sp³-hybridized carbons (Fsp3) is 0.129. The summed E-state index contributed by atoms with van der Waals surface area (Å²) in [5, 5.41) is 0. The van der Waals surface area contributed by atoms with E-state index in [1.165, 1.54) is 128 Å². The molecule has 0 amide bonds. The molecule has 0 radical (unpaired) electrons. The van der Waals surface area contributed by atoms with E-state index in [-0.39, 0.29) is 13.4 Å². The predicted molar refractivity (Wildman–Crippen MR) is 289 cm³/mol. The van der Waals surface area contributed by atoms with Crippen LogP contribution in [0.25, 0.3) is 22.3 Å². The van der Waals surface area contributed by atoms with Crippen LogP contribution in [-0.4, -0.2) is 13.4 Å². The number of rotatable bonds is 6. The molecule has 0 N–H and O–H groups in total. The second-order valence-corrected chi connectivity index (χ2v) is 20.0. The van der Waals surface area contributed by atoms with Gasteiger partial charge in [0.05, 0.1) is 0 Å². The summed E-state index contributed by atoms with van der Waals surface area (Å²) >= 11 is 0. The minimum Gasteiger partial charge on any atom is -0.312 e. The van der Waals surface area contributed by atoms with Crippen LogP contribution in [0.4, 0.5) is 51.2 Å². The Morgan fingerprint density at radius 2 is 0.612 bits per heavy atom. The first-order chi connectivity index (χ1) is 32.5. The Morgan fingerprint density at radius 3 is 0.955 bits per heavy atom. The Kier molecular flexibility index (Phi) is 8.62. The Labute approximate surface area is 396 Å². The average Bonchev–Trinajstić information content (AvgIpc) is 3.80. The van der Waals surface area contributed by atoms with Gasteiger partial charge < -0.3 is 14.7 Å². The van der Waals surface area contributed by atoms with Gasteiger partial charge in [-0.25, -0.2) is 0 Å². The van der Waals surface area contributed by atoms with Gasteiger partial charge in [0.1, 0.15) is 0 Å². The summed E-state index contributed by atoms with van der Waals surface area (Å²) in [6.45, 7) is 17.8. The molecule has 0 unspecified atom stereocenters. The van der Waals surface area contributed by atoms with Gasteiger partial charge in [-0.15, -0.1) is 0 Å². The maximum absolute atomic E-state index is 2.73. The molecule has 0 aromatic heterocycles. The molecule has 0 spiro atoms. The normalized spacial score (nSPS) is 13.0. The van der Waals surface area contributed by atoms with Crippen LogP contribution in [0.15, 0.2) is 164 Å². The summed E-state index contributed by atoms with van der Waals surface area (Å²) in [6, 6.07) is 63.5. The van der Waals surface area contributed by atoms with Crippen LogP contribution in [0.5, 0.6) is 0 Å². The lowest BCUT2D eigenvalue weighted by molar-refractivity contribution is 1.23. The Hall–Kier alpha value is -7.49. The molecule has 0 bridgehead atoms. The highest BCUT2D eigenvalue weighted by Crippen LogP contribution is 2.51. The van der Waals surface area contributed by atoms with Crippen LogP contribution in [0, 0.1) is 55.4 Å². The Morgan fingerprint density at radius 1 is 0.299 bits per heavy atom. The fourth-order valence-corrected chi connectivity index (χ4v) is 12.1. The highest BCUT2D eigenvalue weighted by Gasteiger charge is 2.52. The Bertz CT molecular complexity index is 3230. The van der Waals surface area contributed by atoms with Gasteiger partial charge in [0.15, 0.2) is 0 Å². The van der Waals surface area contributed by atoms with Crippen LogP contribution in [0.1, 0.15) is 44.5 Å². The van der Waals surface area contributed by atoms with Crippen molar-refractivity contribution in [2.24, 2.45) is 0 Å². The molecule has 9 aromatic rings. The van der Waals surface area contributed by atoms with Crippen LogP contribution in [0.2, 0.25) is 0 Å². The minimum absolute atomic E-state index is 0.00873. The first-order valence-electron chi connectivity index (χ1n) is 23.9. The van der Waals surface area contributed by atoms with E-state index in [4.69, 9.17) is 0 Å². The molecule has 0 saturated heterocycles. The van der Waals surface area contributed by atoms with Gasteiger partial charge in [-0.1, -0.05) is 141 Å². The van der Waals surface area contributed by atoms with E-state index in [0.29, 0.717) is 0 Å². The molecule has 0 saturated carbocycles. The number of nitrogens with zero attached hydrogens (tertiary/aromatic N) is 3. The van der Waals surface area contributed by atoms with Crippen molar-refractivity contribution >= 4 is 97.4 Å². The van der Waals surface area contributed by atoms with Crippen molar-refractivity contribution in [3.8, 4) is 22.3 Å². The first kappa shape index (κ1) is 39.8. The highest BCUT2D eigenvalue weighted by molar-refractivity contribution is 7.06. The van der Waals surface area contributed by atoms with E-state index in [1.54, 1.807) is 0 Å². The molecule has 67 heavy (non-hydrogen) atoms. The van der Waals surface area contributed by atoms with Gasteiger partial charge in [0.25, 0.3) is 13.4 Å². The summed E-state index contributed by atoms with van der Waals surface area (Å²) in [6.07, 6.45) is 0. The number of hydrogen-bond acceptors (Lipinski definition) is 3. The van der Waals surface area contributed by atoms with Crippen LogP contribution >= 0.6 is 0 Å². The number of benzene rings is 9. The van der Waals surface area contributed by atoms with E-state index >= 15 is 0 Å². The molecular weight excluding hydrogens is 808 g/mol. The van der Waals surface area contributed by atoms with Crippen molar-refractivity contribution in [3.63, 3.8) is 0 Å². The van der Waals surface area contributed by atoms with E-state index in [2.05, 4.69) is 234 Å². The Balaban J connectivity index is 1.27. The lowest BCUT2D eigenvalue weighted by Crippen LogP contribution is -2.64. The summed E-state index contributed by atoms with van der Waals surface area (Å²) in [7, 11) is 0. The predicted octanol–water partition coefficient (Wildman–Crippen LogP) is 12.2. The molecule has 9 aromatic carbocycles. The zero-order chi connectivity index (χ0) is 45.6. The van der Waals surface area contributed by atoms with Crippen molar-refractivity contribution in [2.75, 3.05) is 14.7 Å². The van der Waals surface area contributed by atoms with Crippen molar-refractivity contribution in [1.82, 2.24) is 0 Å². The van der Waals surface area contributed by atoms with Gasteiger partial charge in [-0.2, -0.15) is 0 Å². The first-order valence-corrected chi connectivity index (χ1v) is 23.9. The summed E-state index contributed by atoms with van der Waals surface area (Å²) in [5.41, 5.74) is 34.5. The lowest BCUT2D eigenvalue weighted by Gasteiger charge is -2.46. The van der Waals surface area contributed by atoms with Gasteiger partial charge in [0.2, 0.25) is 0 Å². The average molecular weight is 860 g/mol. The zero-order valence-electron chi connectivity index (χ0n) is 39.6. The molecule has 3 nitrogen and oxygen atoms in total. The van der Waals surface area contributed by atoms with Crippen molar-refractivity contribution < 1.29 is 0 Å². The summed E-state index contributed by atoms with van der Waals surface area (Å²) in [4.78, 5) is 7.85. The fourth-order valence-electron chi connectivity index (χ4n) is 12.1. The van der Waals surface area contributed by atoms with E-state index < -0.39 is 0 Å². The third-order valence-electron chi connectivity index (χ3n) is 15.1. The molecule has 4 heterocycles. The summed E-state index contributed by atoms with van der Waals surface area (Å²) < 4.78 is 0. The van der Waals surface area contributed by atoms with Gasteiger partial charge in [0, 0.05) is 51.2 Å². The molecule has 0 aliphatic carbocycles. The molecule has 0 atom stereocenters. The maximum atomic E-state index is 2.73. The lowest BCUT2D eigenvalue weighted by atomic mass is 9.31. The second kappa shape index (κ2) is 14.5. The molecule has 0 fully saturated rings. The molecule has 4 aliphatic rings. The second-order valence-electron chi connectivity index (χ2n) is 20.0. The SMILES string of the molecule is Cc1ccc(N(c2ccc(C)cc2)c2cc(N(c3ccc(C)cc3)c3ccc(C)cc3)c3c4c2B2c5ccc(C)cc5-c5cc(C)cc(c52)N4c2cc(C)cc4c2B3c2ccc(C)cc2-4)cc1. The highest BCUT2D eigenvalue weighted by atomic mass is 15.2. The standard InChI is InChI=1S/C62H51B2N3/c1-36-9-19-44(20-10-36)65(45-21-11-37(2)12-22-45)56-35-57(66(46-23-13-38(3)14-24-46)47-25-15-39(4)16-26-47)61-62-60(56)63-52-27-17-40(5)29-48(52)50-31-42(7)33-54(58(50)63)67(62)55-34-43(8)32-51-49-30-41(6)18-28-53(49)64(61)59(51)55/h9-35H,1-8H3. The third kappa shape index (κ3) is 5.86. The van der Waals surface area contributed by atoms with E-state index in [9.17, 15) is 0 Å². The number of aryl methyl sites for hydroxylation is 8. The molecular formula is C62H51B2N3. The van der Waals surface area contributed by atoms with Gasteiger partial charge >= 0.3 is 0 Å². The van der Waals surface area contributed by atoms with Gasteiger partial charge in [-0.3, -0.25) is 0 Å². The maximum Gasteiger partial charge on any atom is 0.250 e. The van der Waals surface area contributed by atoms with Crippen molar-refractivity contribution in [1.29, 1.82) is 0 Å². The van der Waals surface area contributed by atoms with Crippen LogP contribution < -0.4 is 47.5 Å². The van der Waals surface area contributed by atoms with E-state index in [0.717, 1.165) is 22.7 Å². The monoisotopic (exact) mass is 859 g/mol. The molecule has 13 rings (SSSR count). The van der Waals surface area contributed by atoms with E-state index in [1.807, 2.05) is 0 Å². The van der Waals surface area contributed by atoms with Crippen molar-refractivity contribution in [3.05, 3.63) is 208 Å². The minimum atomic E-state index is -0.00873. The molecule has 5 heteroatoms. The zero-order valence-corrected chi connectivity index (χ0v) is 39.6. The smallest absolute Gasteiger partial charge is 0.250 e. The third-order valence-corrected chi connectivity index (χ3v) is 15.1. The van der Waals surface area contributed by atoms with Crippen LogP contribution in [0.3, 0.4) is 0 Å².